The van der Waals surface area contributed by atoms with Gasteiger partial charge in [0, 0.05) is 18.4 Å². The maximum absolute atomic E-state index is 11.2. The molecule has 0 fully saturated rings. The fourth-order valence-electron chi connectivity index (χ4n) is 1.40. The molecular weight excluding hydrogens is 196 g/mol. The summed E-state index contributed by atoms with van der Waals surface area (Å²) in [7, 11) is 0. The summed E-state index contributed by atoms with van der Waals surface area (Å²) in [6.45, 7) is 0. The zero-order valence-electron chi connectivity index (χ0n) is 8.35. The smallest absolute Gasteiger partial charge is 0.303 e. The van der Waals surface area contributed by atoms with E-state index in [0.717, 1.165) is 0 Å². The zero-order valence-corrected chi connectivity index (χ0v) is 8.35. The first kappa shape index (κ1) is 11.7. The standard InChI is InChI=1S/C11H14O4/c12-9-6-8(10(13)7-9)4-2-1-3-5-11(14)15/h2,4,6,9,12H,1,3,5,7H2,(H,14,15)/b4-2-. The van der Waals surface area contributed by atoms with Crippen molar-refractivity contribution in [1.29, 1.82) is 0 Å². The highest BCUT2D eigenvalue weighted by atomic mass is 16.4. The second-order valence-corrected chi connectivity index (χ2v) is 3.50. The van der Waals surface area contributed by atoms with E-state index >= 15 is 0 Å². The third-order valence-electron chi connectivity index (χ3n) is 2.15. The number of rotatable bonds is 5. The summed E-state index contributed by atoms with van der Waals surface area (Å²) in [6.07, 6.45) is 5.79. The van der Waals surface area contributed by atoms with Crippen molar-refractivity contribution in [1.82, 2.24) is 0 Å². The Balaban J connectivity index is 2.29. The molecule has 1 rings (SSSR count). The van der Waals surface area contributed by atoms with Gasteiger partial charge >= 0.3 is 5.97 Å². The number of carboxylic acids is 1. The average Bonchev–Trinajstić information content (AvgIpc) is 2.44. The molecule has 1 aliphatic rings. The number of ketones is 1. The molecule has 0 saturated heterocycles. The molecule has 4 nitrogen and oxygen atoms in total. The number of aliphatic hydroxyl groups excluding tert-OH is 1. The van der Waals surface area contributed by atoms with Gasteiger partial charge in [0.25, 0.3) is 0 Å². The molecule has 82 valence electrons. The predicted octanol–water partition coefficient (Wildman–Crippen LogP) is 1.06. The van der Waals surface area contributed by atoms with Crippen molar-refractivity contribution in [2.75, 3.05) is 0 Å². The van der Waals surface area contributed by atoms with E-state index in [1.54, 1.807) is 12.2 Å². The van der Waals surface area contributed by atoms with Crippen molar-refractivity contribution in [3.63, 3.8) is 0 Å². The number of unbranched alkanes of at least 4 members (excludes halogenated alkanes) is 1. The van der Waals surface area contributed by atoms with Gasteiger partial charge < -0.3 is 10.2 Å². The number of aliphatic hydroxyl groups is 1. The average molecular weight is 210 g/mol. The van der Waals surface area contributed by atoms with E-state index in [2.05, 4.69) is 0 Å². The topological polar surface area (TPSA) is 74.6 Å². The van der Waals surface area contributed by atoms with Crippen LogP contribution in [-0.2, 0) is 9.59 Å². The van der Waals surface area contributed by atoms with Crippen molar-refractivity contribution in [2.45, 2.75) is 31.8 Å². The van der Waals surface area contributed by atoms with Crippen LogP contribution in [0.25, 0.3) is 0 Å². The number of aliphatic carboxylic acids is 1. The summed E-state index contributed by atoms with van der Waals surface area (Å²) >= 11 is 0. The first-order valence-electron chi connectivity index (χ1n) is 4.91. The summed E-state index contributed by atoms with van der Waals surface area (Å²) in [5.41, 5.74) is 0.526. The molecule has 0 aromatic heterocycles. The first-order valence-corrected chi connectivity index (χ1v) is 4.91. The molecule has 0 aliphatic heterocycles. The summed E-state index contributed by atoms with van der Waals surface area (Å²) < 4.78 is 0. The van der Waals surface area contributed by atoms with E-state index in [-0.39, 0.29) is 18.6 Å². The molecule has 0 saturated carbocycles. The van der Waals surface area contributed by atoms with Gasteiger partial charge in [0.15, 0.2) is 5.78 Å². The lowest BCUT2D eigenvalue weighted by molar-refractivity contribution is -0.137. The number of allylic oxidation sites excluding steroid dienone is 3. The molecule has 1 aliphatic carbocycles. The van der Waals surface area contributed by atoms with Gasteiger partial charge in [0.2, 0.25) is 0 Å². The maximum Gasteiger partial charge on any atom is 0.303 e. The molecule has 1 unspecified atom stereocenters. The normalized spacial score (nSPS) is 21.0. The third-order valence-corrected chi connectivity index (χ3v) is 2.15. The van der Waals surface area contributed by atoms with Crippen molar-refractivity contribution in [3.8, 4) is 0 Å². The minimum atomic E-state index is -0.810. The Hall–Kier alpha value is -1.42. The van der Waals surface area contributed by atoms with Crippen molar-refractivity contribution >= 4 is 11.8 Å². The molecule has 0 bridgehead atoms. The van der Waals surface area contributed by atoms with Gasteiger partial charge in [0.05, 0.1) is 6.10 Å². The quantitative estimate of drug-likeness (QED) is 0.665. The molecule has 0 aromatic carbocycles. The van der Waals surface area contributed by atoms with E-state index in [1.807, 2.05) is 0 Å². The number of Topliss-reactive ketones (excluding diaryl/α,β-unsaturated/α-hetero) is 1. The van der Waals surface area contributed by atoms with Gasteiger partial charge in [-0.1, -0.05) is 12.2 Å². The van der Waals surface area contributed by atoms with Crippen molar-refractivity contribution < 1.29 is 19.8 Å². The first-order chi connectivity index (χ1) is 7.09. The number of hydrogen-bond donors (Lipinski definition) is 2. The minimum absolute atomic E-state index is 0.0583. The molecule has 0 aromatic rings. The van der Waals surface area contributed by atoms with E-state index in [4.69, 9.17) is 10.2 Å². The lowest BCUT2D eigenvalue weighted by atomic mass is 10.1. The zero-order chi connectivity index (χ0) is 11.3. The number of carboxylic acid groups (broad SMARTS) is 1. The van der Waals surface area contributed by atoms with Crippen LogP contribution in [0.2, 0.25) is 0 Å². The Bertz CT molecular complexity index is 315. The van der Waals surface area contributed by atoms with E-state index in [0.29, 0.717) is 18.4 Å². The van der Waals surface area contributed by atoms with Gasteiger partial charge in [-0.15, -0.1) is 0 Å². The summed E-state index contributed by atoms with van der Waals surface area (Å²) in [6, 6.07) is 0. The molecular formula is C11H14O4. The van der Waals surface area contributed by atoms with E-state index in [9.17, 15) is 9.59 Å². The molecule has 4 heteroatoms. The number of hydrogen-bond acceptors (Lipinski definition) is 3. The van der Waals surface area contributed by atoms with Gasteiger partial charge in [0.1, 0.15) is 0 Å². The lowest BCUT2D eigenvalue weighted by Crippen LogP contribution is -2.00. The van der Waals surface area contributed by atoms with Crippen LogP contribution in [0.15, 0.2) is 23.8 Å². The Morgan fingerprint density at radius 3 is 2.87 bits per heavy atom. The molecule has 0 radical (unpaired) electrons. The van der Waals surface area contributed by atoms with E-state index < -0.39 is 12.1 Å². The third kappa shape index (κ3) is 4.08. The Morgan fingerprint density at radius 2 is 2.33 bits per heavy atom. The van der Waals surface area contributed by atoms with Gasteiger partial charge in [-0.25, -0.2) is 0 Å². The van der Waals surface area contributed by atoms with Crippen LogP contribution in [0, 0.1) is 0 Å². The van der Waals surface area contributed by atoms with Crippen molar-refractivity contribution in [2.24, 2.45) is 0 Å². The largest absolute Gasteiger partial charge is 0.481 e. The molecule has 0 heterocycles. The van der Waals surface area contributed by atoms with E-state index in [1.165, 1.54) is 6.08 Å². The maximum atomic E-state index is 11.2. The lowest BCUT2D eigenvalue weighted by Gasteiger charge is -1.92. The van der Waals surface area contributed by atoms with Crippen LogP contribution in [-0.4, -0.2) is 28.1 Å². The molecule has 0 spiro atoms. The monoisotopic (exact) mass is 210 g/mol. The Morgan fingerprint density at radius 1 is 1.60 bits per heavy atom. The van der Waals surface area contributed by atoms with Gasteiger partial charge in [-0.3, -0.25) is 9.59 Å². The van der Waals surface area contributed by atoms with Crippen LogP contribution < -0.4 is 0 Å². The molecule has 2 N–H and O–H groups in total. The molecule has 0 amide bonds. The highest BCUT2D eigenvalue weighted by molar-refractivity contribution is 6.00. The summed E-state index contributed by atoms with van der Waals surface area (Å²) in [4.78, 5) is 21.4. The minimum Gasteiger partial charge on any atom is -0.481 e. The van der Waals surface area contributed by atoms with Crippen LogP contribution in [0.1, 0.15) is 25.7 Å². The van der Waals surface area contributed by atoms with Crippen molar-refractivity contribution in [3.05, 3.63) is 23.8 Å². The van der Waals surface area contributed by atoms with Crippen LogP contribution in [0.4, 0.5) is 0 Å². The fraction of sp³-hybridized carbons (Fsp3) is 0.455. The van der Waals surface area contributed by atoms with Crippen LogP contribution in [0.3, 0.4) is 0 Å². The SMILES string of the molecule is O=C(O)CCC/C=C\C1=CC(O)CC1=O. The number of carbonyl (C=O) groups is 2. The fourth-order valence-corrected chi connectivity index (χ4v) is 1.40. The highest BCUT2D eigenvalue weighted by Gasteiger charge is 2.19. The second kappa shape index (κ2) is 5.46. The van der Waals surface area contributed by atoms with Gasteiger partial charge in [-0.2, -0.15) is 0 Å². The summed E-state index contributed by atoms with van der Waals surface area (Å²) in [5.74, 6) is -0.869. The molecule has 15 heavy (non-hydrogen) atoms. The highest BCUT2D eigenvalue weighted by Crippen LogP contribution is 2.16. The molecule has 1 atom stereocenters. The summed E-state index contributed by atoms with van der Waals surface area (Å²) in [5, 5.41) is 17.5. The number of carbonyl (C=O) groups excluding carboxylic acids is 1. The van der Waals surface area contributed by atoms with Crippen LogP contribution in [0.5, 0.6) is 0 Å². The second-order valence-electron chi connectivity index (χ2n) is 3.50. The predicted molar refractivity (Wildman–Crippen MR) is 54.3 cm³/mol. The van der Waals surface area contributed by atoms with Gasteiger partial charge in [-0.05, 0) is 18.9 Å². The Kier molecular flexibility index (Phi) is 4.24. The van der Waals surface area contributed by atoms with Crippen LogP contribution >= 0.6 is 0 Å². The Labute approximate surface area is 87.9 Å².